The average Bonchev–Trinajstić information content (AvgIpc) is 2.39. The third-order valence-electron chi connectivity index (χ3n) is 4.03. The Hall–Kier alpha value is -1.22. The van der Waals surface area contributed by atoms with Crippen LogP contribution < -0.4 is 14.8 Å². The molecule has 0 aliphatic carbocycles. The first-order valence-corrected chi connectivity index (χ1v) is 6.91. The first-order chi connectivity index (χ1) is 8.85. The van der Waals surface area contributed by atoms with E-state index in [9.17, 15) is 0 Å². The summed E-state index contributed by atoms with van der Waals surface area (Å²) in [6.07, 6.45) is 6.52. The smallest absolute Gasteiger partial charge is 0.161 e. The number of rotatable bonds is 3. The van der Waals surface area contributed by atoms with Gasteiger partial charge in [0.1, 0.15) is 6.10 Å². The lowest BCUT2D eigenvalue weighted by Crippen LogP contribution is -2.51. The Morgan fingerprint density at radius 1 is 1.06 bits per heavy atom. The third kappa shape index (κ3) is 2.46. The number of ether oxygens (including phenoxy) is 2. The van der Waals surface area contributed by atoms with Crippen molar-refractivity contribution in [3.8, 4) is 11.5 Å². The van der Waals surface area contributed by atoms with Crippen LogP contribution in [0.4, 0.5) is 0 Å². The molecule has 0 aromatic heterocycles. The molecule has 2 fully saturated rings. The predicted molar refractivity (Wildman–Crippen MR) is 71.2 cm³/mol. The summed E-state index contributed by atoms with van der Waals surface area (Å²) in [5.41, 5.74) is 0. The van der Waals surface area contributed by atoms with Gasteiger partial charge in [0.2, 0.25) is 0 Å². The van der Waals surface area contributed by atoms with Crippen molar-refractivity contribution in [2.45, 2.75) is 50.3 Å². The lowest BCUT2D eigenvalue weighted by Gasteiger charge is -2.40. The molecule has 1 aromatic rings. The molecule has 1 N–H and O–H groups in total. The van der Waals surface area contributed by atoms with Crippen LogP contribution >= 0.6 is 0 Å². The summed E-state index contributed by atoms with van der Waals surface area (Å²) in [6, 6.07) is 9.23. The van der Waals surface area contributed by atoms with Gasteiger partial charge in [-0.25, -0.2) is 0 Å². The number of benzene rings is 1. The lowest BCUT2D eigenvalue weighted by molar-refractivity contribution is 0.0901. The molecule has 2 aliphatic heterocycles. The van der Waals surface area contributed by atoms with E-state index in [1.54, 1.807) is 7.11 Å². The van der Waals surface area contributed by atoms with Crippen LogP contribution in [-0.2, 0) is 0 Å². The van der Waals surface area contributed by atoms with Crippen LogP contribution in [0.1, 0.15) is 32.1 Å². The van der Waals surface area contributed by atoms with Crippen molar-refractivity contribution in [3.63, 3.8) is 0 Å². The monoisotopic (exact) mass is 247 g/mol. The topological polar surface area (TPSA) is 30.5 Å². The SMILES string of the molecule is COc1ccccc1O[C@@H]1C[C@H]2CCC[C@@H](C1)N2. The summed E-state index contributed by atoms with van der Waals surface area (Å²) in [5.74, 6) is 1.71. The molecule has 98 valence electrons. The molecule has 2 saturated heterocycles. The van der Waals surface area contributed by atoms with Crippen molar-refractivity contribution in [1.82, 2.24) is 5.32 Å². The van der Waals surface area contributed by atoms with Crippen molar-refractivity contribution in [3.05, 3.63) is 24.3 Å². The highest BCUT2D eigenvalue weighted by molar-refractivity contribution is 5.39. The van der Waals surface area contributed by atoms with Crippen LogP contribution in [0.3, 0.4) is 0 Å². The van der Waals surface area contributed by atoms with Gasteiger partial charge in [-0.05, 0) is 37.8 Å². The molecule has 2 heterocycles. The molecule has 0 saturated carbocycles. The summed E-state index contributed by atoms with van der Waals surface area (Å²) in [4.78, 5) is 0. The van der Waals surface area contributed by atoms with E-state index in [1.165, 1.54) is 19.3 Å². The van der Waals surface area contributed by atoms with E-state index in [4.69, 9.17) is 9.47 Å². The number of fused-ring (bicyclic) bond motifs is 2. The fourth-order valence-corrected chi connectivity index (χ4v) is 3.21. The highest BCUT2D eigenvalue weighted by Crippen LogP contribution is 2.32. The van der Waals surface area contributed by atoms with Gasteiger partial charge >= 0.3 is 0 Å². The maximum atomic E-state index is 6.15. The molecule has 0 spiro atoms. The standard InChI is InChI=1S/C15H21NO2/c1-17-14-7-2-3-8-15(14)18-13-9-11-5-4-6-12(10-13)16-11/h2-3,7-8,11-13,16H,4-6,9-10H2,1H3/t11-,12+,13-. The van der Waals surface area contributed by atoms with Gasteiger partial charge in [-0.1, -0.05) is 18.6 Å². The Morgan fingerprint density at radius 3 is 2.39 bits per heavy atom. The molecule has 2 bridgehead atoms. The van der Waals surface area contributed by atoms with Crippen molar-refractivity contribution >= 4 is 0 Å². The van der Waals surface area contributed by atoms with E-state index in [-0.39, 0.29) is 0 Å². The molecular weight excluding hydrogens is 226 g/mol. The van der Waals surface area contributed by atoms with E-state index >= 15 is 0 Å². The summed E-state index contributed by atoms with van der Waals surface area (Å²) in [5, 5.41) is 3.69. The fourth-order valence-electron chi connectivity index (χ4n) is 3.21. The van der Waals surface area contributed by atoms with Crippen LogP contribution in [0.2, 0.25) is 0 Å². The van der Waals surface area contributed by atoms with Gasteiger partial charge < -0.3 is 14.8 Å². The summed E-state index contributed by atoms with van der Waals surface area (Å²) in [7, 11) is 1.69. The van der Waals surface area contributed by atoms with E-state index in [1.807, 2.05) is 24.3 Å². The Bertz CT molecular complexity index is 395. The normalized spacial score (nSPS) is 30.8. The number of nitrogens with one attached hydrogen (secondary N) is 1. The van der Waals surface area contributed by atoms with Gasteiger partial charge in [0.15, 0.2) is 11.5 Å². The van der Waals surface area contributed by atoms with Crippen molar-refractivity contribution in [2.24, 2.45) is 0 Å². The lowest BCUT2D eigenvalue weighted by atomic mass is 9.85. The van der Waals surface area contributed by atoms with Gasteiger partial charge in [0.25, 0.3) is 0 Å². The molecule has 3 nitrogen and oxygen atoms in total. The third-order valence-corrected chi connectivity index (χ3v) is 4.03. The van der Waals surface area contributed by atoms with Gasteiger partial charge in [0, 0.05) is 12.1 Å². The van der Waals surface area contributed by atoms with Crippen LogP contribution in [-0.4, -0.2) is 25.3 Å². The van der Waals surface area contributed by atoms with Gasteiger partial charge in [-0.3, -0.25) is 0 Å². The highest BCUT2D eigenvalue weighted by Gasteiger charge is 2.32. The largest absolute Gasteiger partial charge is 0.493 e. The Labute approximate surface area is 108 Å². The zero-order valence-corrected chi connectivity index (χ0v) is 10.9. The number of methoxy groups -OCH3 is 1. The predicted octanol–water partition coefficient (Wildman–Crippen LogP) is 2.75. The van der Waals surface area contributed by atoms with Crippen molar-refractivity contribution in [1.29, 1.82) is 0 Å². The molecule has 3 atom stereocenters. The number of piperidine rings is 2. The highest BCUT2D eigenvalue weighted by atomic mass is 16.5. The van der Waals surface area contributed by atoms with Crippen LogP contribution in [0.15, 0.2) is 24.3 Å². The molecule has 2 aliphatic rings. The number of hydrogen-bond donors (Lipinski definition) is 1. The average molecular weight is 247 g/mol. The number of hydrogen-bond acceptors (Lipinski definition) is 3. The summed E-state index contributed by atoms with van der Waals surface area (Å²) in [6.45, 7) is 0. The molecule has 0 radical (unpaired) electrons. The number of para-hydroxylation sites is 2. The second kappa shape index (κ2) is 5.19. The zero-order valence-electron chi connectivity index (χ0n) is 10.9. The first-order valence-electron chi connectivity index (χ1n) is 6.91. The van der Waals surface area contributed by atoms with Gasteiger partial charge in [0.05, 0.1) is 7.11 Å². The molecule has 1 aromatic carbocycles. The Kier molecular flexibility index (Phi) is 3.41. The second-order valence-electron chi connectivity index (χ2n) is 5.35. The minimum atomic E-state index is 0.331. The Morgan fingerprint density at radius 2 is 1.72 bits per heavy atom. The molecule has 0 unspecified atom stereocenters. The van der Waals surface area contributed by atoms with Crippen molar-refractivity contribution in [2.75, 3.05) is 7.11 Å². The minimum absolute atomic E-state index is 0.331. The molecule has 3 heteroatoms. The molecule has 0 amide bonds. The van der Waals surface area contributed by atoms with E-state index in [0.29, 0.717) is 18.2 Å². The summed E-state index contributed by atoms with van der Waals surface area (Å²) >= 11 is 0. The Balaban J connectivity index is 1.69. The minimum Gasteiger partial charge on any atom is -0.493 e. The van der Waals surface area contributed by atoms with E-state index in [0.717, 1.165) is 24.3 Å². The van der Waals surface area contributed by atoms with Gasteiger partial charge in [-0.2, -0.15) is 0 Å². The summed E-state index contributed by atoms with van der Waals surface area (Å²) < 4.78 is 11.5. The zero-order chi connectivity index (χ0) is 12.4. The van der Waals surface area contributed by atoms with Crippen LogP contribution in [0.25, 0.3) is 0 Å². The maximum absolute atomic E-state index is 6.15. The first kappa shape index (κ1) is 11.8. The fraction of sp³-hybridized carbons (Fsp3) is 0.600. The maximum Gasteiger partial charge on any atom is 0.161 e. The second-order valence-corrected chi connectivity index (χ2v) is 5.35. The molecule has 18 heavy (non-hydrogen) atoms. The molecule has 3 rings (SSSR count). The van der Waals surface area contributed by atoms with Crippen molar-refractivity contribution < 1.29 is 9.47 Å². The van der Waals surface area contributed by atoms with E-state index < -0.39 is 0 Å². The van der Waals surface area contributed by atoms with Crippen LogP contribution in [0.5, 0.6) is 11.5 Å². The van der Waals surface area contributed by atoms with Crippen LogP contribution in [0, 0.1) is 0 Å². The quantitative estimate of drug-likeness (QED) is 0.891. The van der Waals surface area contributed by atoms with E-state index in [2.05, 4.69) is 5.32 Å². The van der Waals surface area contributed by atoms with Gasteiger partial charge in [-0.15, -0.1) is 0 Å². The molecular formula is C15H21NO2.